The molecule has 2 heteroatoms. The van der Waals surface area contributed by atoms with Crippen LogP contribution in [0, 0.1) is 13.8 Å². The van der Waals surface area contributed by atoms with E-state index in [9.17, 15) is 0 Å². The van der Waals surface area contributed by atoms with E-state index in [1.165, 1.54) is 22.3 Å². The first-order valence-electron chi connectivity index (χ1n) is 5.62. The predicted molar refractivity (Wildman–Crippen MR) is 69.8 cm³/mol. The molecular weight excluding hydrogens is 198 g/mol. The lowest BCUT2D eigenvalue weighted by Crippen LogP contribution is -1.97. The summed E-state index contributed by atoms with van der Waals surface area (Å²) in [5.41, 5.74) is 10.4. The number of allylic oxidation sites excluding steroid dienone is 1. The van der Waals surface area contributed by atoms with E-state index in [4.69, 9.17) is 10.5 Å². The smallest absolute Gasteiger partial charge is 0.126 e. The third kappa shape index (κ3) is 2.86. The van der Waals surface area contributed by atoms with Crippen molar-refractivity contribution in [2.24, 2.45) is 5.73 Å². The van der Waals surface area contributed by atoms with Crippen LogP contribution in [0.25, 0.3) is 5.57 Å². The minimum Gasteiger partial charge on any atom is -0.496 e. The molecule has 1 aromatic rings. The first kappa shape index (κ1) is 12.8. The molecule has 0 heterocycles. The summed E-state index contributed by atoms with van der Waals surface area (Å²) in [6.07, 6.45) is 3.06. The van der Waals surface area contributed by atoms with E-state index in [2.05, 4.69) is 39.0 Å². The van der Waals surface area contributed by atoms with Crippen molar-refractivity contribution in [3.8, 4) is 5.75 Å². The Bertz CT molecular complexity index is 394. The molecule has 0 saturated carbocycles. The summed E-state index contributed by atoms with van der Waals surface area (Å²) in [5, 5.41) is 0. The Hall–Kier alpha value is -1.28. The van der Waals surface area contributed by atoms with Gasteiger partial charge in [-0.2, -0.15) is 0 Å². The molecule has 2 nitrogen and oxygen atoms in total. The zero-order valence-electron chi connectivity index (χ0n) is 10.6. The van der Waals surface area contributed by atoms with Crippen LogP contribution in [0.3, 0.4) is 0 Å². The van der Waals surface area contributed by atoms with Gasteiger partial charge in [-0.15, -0.1) is 0 Å². The van der Waals surface area contributed by atoms with Crippen LogP contribution in [0.2, 0.25) is 0 Å². The van der Waals surface area contributed by atoms with E-state index in [-0.39, 0.29) is 0 Å². The number of hydrogen-bond acceptors (Lipinski definition) is 2. The Labute approximate surface area is 98.1 Å². The molecule has 0 aliphatic heterocycles. The highest BCUT2D eigenvalue weighted by Gasteiger charge is 2.07. The van der Waals surface area contributed by atoms with E-state index >= 15 is 0 Å². The van der Waals surface area contributed by atoms with Crippen LogP contribution in [0.5, 0.6) is 5.75 Å². The van der Waals surface area contributed by atoms with Gasteiger partial charge in [0.2, 0.25) is 0 Å². The molecule has 0 bridgehead atoms. The number of hydrogen-bond donors (Lipinski definition) is 1. The monoisotopic (exact) mass is 219 g/mol. The van der Waals surface area contributed by atoms with E-state index in [0.29, 0.717) is 6.54 Å². The van der Waals surface area contributed by atoms with Gasteiger partial charge in [0.05, 0.1) is 7.11 Å². The molecule has 0 radical (unpaired) electrons. The van der Waals surface area contributed by atoms with Gasteiger partial charge in [-0.3, -0.25) is 0 Å². The van der Waals surface area contributed by atoms with Crippen molar-refractivity contribution < 1.29 is 4.74 Å². The summed E-state index contributed by atoms with van der Waals surface area (Å²) in [5.74, 6) is 0.939. The Balaban J connectivity index is 3.16. The second-order valence-electron chi connectivity index (χ2n) is 4.10. The van der Waals surface area contributed by atoms with Crippen molar-refractivity contribution in [1.29, 1.82) is 0 Å². The van der Waals surface area contributed by atoms with Gasteiger partial charge in [0, 0.05) is 5.56 Å². The second kappa shape index (κ2) is 5.71. The molecule has 0 atom stereocenters. The number of rotatable bonds is 4. The quantitative estimate of drug-likeness (QED) is 0.844. The van der Waals surface area contributed by atoms with Gasteiger partial charge in [0.25, 0.3) is 0 Å². The molecule has 0 aliphatic rings. The molecule has 0 amide bonds. The molecule has 0 aromatic heterocycles. The van der Waals surface area contributed by atoms with Crippen molar-refractivity contribution in [1.82, 2.24) is 0 Å². The molecular formula is C14H21NO. The van der Waals surface area contributed by atoms with Gasteiger partial charge in [0.15, 0.2) is 0 Å². The SMILES string of the molecule is COc1cc(C)c(C)cc1/C(C)=C/CCN. The van der Waals surface area contributed by atoms with Crippen LogP contribution in [0.4, 0.5) is 0 Å². The number of methoxy groups -OCH3 is 1. The third-order valence-corrected chi connectivity index (χ3v) is 2.86. The highest BCUT2D eigenvalue weighted by atomic mass is 16.5. The highest BCUT2D eigenvalue weighted by molar-refractivity contribution is 5.70. The maximum Gasteiger partial charge on any atom is 0.126 e. The summed E-state index contributed by atoms with van der Waals surface area (Å²) >= 11 is 0. The first-order chi connectivity index (χ1) is 7.60. The topological polar surface area (TPSA) is 35.2 Å². The Morgan fingerprint density at radius 2 is 1.94 bits per heavy atom. The fourth-order valence-electron chi connectivity index (χ4n) is 1.68. The molecule has 16 heavy (non-hydrogen) atoms. The van der Waals surface area contributed by atoms with Gasteiger partial charge >= 0.3 is 0 Å². The van der Waals surface area contributed by atoms with E-state index < -0.39 is 0 Å². The predicted octanol–water partition coefficient (Wildman–Crippen LogP) is 3.06. The van der Waals surface area contributed by atoms with Gasteiger partial charge in [-0.25, -0.2) is 0 Å². The lowest BCUT2D eigenvalue weighted by molar-refractivity contribution is 0.413. The highest BCUT2D eigenvalue weighted by Crippen LogP contribution is 2.29. The van der Waals surface area contributed by atoms with Gasteiger partial charge in [-0.1, -0.05) is 6.08 Å². The summed E-state index contributed by atoms with van der Waals surface area (Å²) in [6, 6.07) is 4.26. The van der Waals surface area contributed by atoms with Crippen LogP contribution >= 0.6 is 0 Å². The number of ether oxygens (including phenoxy) is 1. The fraction of sp³-hybridized carbons (Fsp3) is 0.429. The first-order valence-corrected chi connectivity index (χ1v) is 5.62. The average Bonchev–Trinajstić information content (AvgIpc) is 2.28. The second-order valence-corrected chi connectivity index (χ2v) is 4.10. The maximum atomic E-state index is 5.50. The Morgan fingerprint density at radius 1 is 1.31 bits per heavy atom. The van der Waals surface area contributed by atoms with E-state index in [1.54, 1.807) is 7.11 Å². The average molecular weight is 219 g/mol. The van der Waals surface area contributed by atoms with Crippen molar-refractivity contribution in [2.75, 3.05) is 13.7 Å². The third-order valence-electron chi connectivity index (χ3n) is 2.86. The normalized spacial score (nSPS) is 11.7. The minimum atomic E-state index is 0.685. The summed E-state index contributed by atoms with van der Waals surface area (Å²) in [7, 11) is 1.71. The molecule has 2 N–H and O–H groups in total. The Morgan fingerprint density at radius 3 is 2.50 bits per heavy atom. The lowest BCUT2D eigenvalue weighted by atomic mass is 9.99. The lowest BCUT2D eigenvalue weighted by Gasteiger charge is -2.12. The molecule has 0 aliphatic carbocycles. The molecule has 0 spiro atoms. The van der Waals surface area contributed by atoms with Crippen LogP contribution in [-0.2, 0) is 0 Å². The van der Waals surface area contributed by atoms with Gasteiger partial charge in [-0.05, 0) is 62.6 Å². The summed E-state index contributed by atoms with van der Waals surface area (Å²) < 4.78 is 5.41. The van der Waals surface area contributed by atoms with Crippen LogP contribution in [0.15, 0.2) is 18.2 Å². The minimum absolute atomic E-state index is 0.685. The van der Waals surface area contributed by atoms with Crippen LogP contribution in [-0.4, -0.2) is 13.7 Å². The maximum absolute atomic E-state index is 5.50. The molecule has 88 valence electrons. The molecule has 0 unspecified atom stereocenters. The largest absolute Gasteiger partial charge is 0.496 e. The number of benzene rings is 1. The zero-order chi connectivity index (χ0) is 12.1. The zero-order valence-corrected chi connectivity index (χ0v) is 10.6. The molecule has 0 saturated heterocycles. The van der Waals surface area contributed by atoms with Crippen LogP contribution in [0.1, 0.15) is 30.0 Å². The number of aryl methyl sites for hydroxylation is 2. The van der Waals surface area contributed by atoms with Crippen molar-refractivity contribution in [3.05, 3.63) is 34.9 Å². The van der Waals surface area contributed by atoms with E-state index in [1.807, 2.05) is 0 Å². The summed E-state index contributed by atoms with van der Waals surface area (Å²) in [4.78, 5) is 0. The van der Waals surface area contributed by atoms with Crippen molar-refractivity contribution in [2.45, 2.75) is 27.2 Å². The van der Waals surface area contributed by atoms with Crippen LogP contribution < -0.4 is 10.5 Å². The van der Waals surface area contributed by atoms with Crippen molar-refractivity contribution >= 4 is 5.57 Å². The van der Waals surface area contributed by atoms with Gasteiger partial charge < -0.3 is 10.5 Å². The standard InChI is InChI=1S/C14H21NO/c1-10(6-5-7-15)13-8-11(2)12(3)9-14(13)16-4/h6,8-9H,5,7,15H2,1-4H3/b10-6+. The fourth-order valence-corrected chi connectivity index (χ4v) is 1.68. The van der Waals surface area contributed by atoms with E-state index in [0.717, 1.165) is 12.2 Å². The molecule has 0 fully saturated rings. The Kier molecular flexibility index (Phi) is 4.56. The number of nitrogens with two attached hydrogens (primary N) is 1. The van der Waals surface area contributed by atoms with Crippen molar-refractivity contribution in [3.63, 3.8) is 0 Å². The molecule has 1 aromatic carbocycles. The summed E-state index contributed by atoms with van der Waals surface area (Å²) in [6.45, 7) is 7.00. The van der Waals surface area contributed by atoms with Gasteiger partial charge in [0.1, 0.15) is 5.75 Å². The molecule has 1 rings (SSSR count).